The molecule has 134 valence electrons. The first-order valence-electron chi connectivity index (χ1n) is 7.02. The van der Waals surface area contributed by atoms with E-state index < -0.39 is 20.5 Å². The second kappa shape index (κ2) is 6.89. The Kier molecular flexibility index (Phi) is 5.28. The lowest BCUT2D eigenvalue weighted by Crippen LogP contribution is -2.45. The summed E-state index contributed by atoms with van der Waals surface area (Å²) < 4.78 is 60.5. The van der Waals surface area contributed by atoms with E-state index in [4.69, 9.17) is 0 Å². The summed E-state index contributed by atoms with van der Waals surface area (Å²) in [6.45, 7) is 0.00841. The maximum Gasteiger partial charge on any atom is 0.511 e. The van der Waals surface area contributed by atoms with Crippen LogP contribution in [0.3, 0.4) is 0 Å². The summed E-state index contributed by atoms with van der Waals surface area (Å²) >= 11 is 0. The van der Waals surface area contributed by atoms with Gasteiger partial charge in [-0.1, -0.05) is 0 Å². The molecule has 0 saturated carbocycles. The van der Waals surface area contributed by atoms with Crippen LogP contribution in [0.1, 0.15) is 12.8 Å². The highest BCUT2D eigenvalue weighted by Gasteiger charge is 2.50. The Bertz CT molecular complexity index is 685. The normalized spacial score (nSPS) is 17.6. The molecule has 0 bridgehead atoms. The van der Waals surface area contributed by atoms with Crippen LogP contribution >= 0.6 is 0 Å². The summed E-state index contributed by atoms with van der Waals surface area (Å²) in [5.74, 6) is 0.396. The van der Waals surface area contributed by atoms with Crippen LogP contribution in [0.5, 0.6) is 0 Å². The molecular weight excluding hydrogens is 353 g/mol. The van der Waals surface area contributed by atoms with Gasteiger partial charge in [-0.25, -0.2) is 13.4 Å². The number of aromatic nitrogens is 1. The number of nitro groups is 1. The molecule has 0 aliphatic carbocycles. The molecule has 1 N–H and O–H groups in total. The molecular formula is C12H15F3N4O4S. The van der Waals surface area contributed by atoms with Gasteiger partial charge in [-0.15, -0.1) is 0 Å². The Morgan fingerprint density at radius 3 is 2.42 bits per heavy atom. The van der Waals surface area contributed by atoms with Crippen molar-refractivity contribution in [3.05, 3.63) is 28.4 Å². The van der Waals surface area contributed by atoms with Gasteiger partial charge in [0.15, 0.2) is 0 Å². The van der Waals surface area contributed by atoms with E-state index in [1.807, 2.05) is 0 Å². The third kappa shape index (κ3) is 4.12. The van der Waals surface area contributed by atoms with Gasteiger partial charge in [0.25, 0.3) is 5.69 Å². The smallest absolute Gasteiger partial charge is 0.370 e. The molecule has 0 aromatic carbocycles. The van der Waals surface area contributed by atoms with E-state index in [1.165, 1.54) is 12.1 Å². The van der Waals surface area contributed by atoms with Crippen LogP contribution < -0.4 is 5.32 Å². The Hall–Kier alpha value is -1.95. The highest BCUT2D eigenvalue weighted by atomic mass is 32.2. The number of rotatable bonds is 5. The Morgan fingerprint density at radius 1 is 1.33 bits per heavy atom. The zero-order valence-corrected chi connectivity index (χ0v) is 13.2. The molecule has 1 fully saturated rings. The molecule has 0 radical (unpaired) electrons. The molecule has 0 atom stereocenters. The maximum absolute atomic E-state index is 12.5. The first-order valence-corrected chi connectivity index (χ1v) is 8.46. The van der Waals surface area contributed by atoms with Crippen molar-refractivity contribution in [1.29, 1.82) is 0 Å². The van der Waals surface area contributed by atoms with E-state index in [9.17, 15) is 31.7 Å². The number of alkyl halides is 3. The van der Waals surface area contributed by atoms with Gasteiger partial charge in [0, 0.05) is 25.7 Å². The number of hydrogen-bond donors (Lipinski definition) is 1. The number of halogens is 3. The van der Waals surface area contributed by atoms with Crippen LogP contribution in [-0.4, -0.2) is 47.8 Å². The third-order valence-corrected chi connectivity index (χ3v) is 5.37. The molecule has 1 aromatic rings. The zero-order valence-electron chi connectivity index (χ0n) is 12.4. The van der Waals surface area contributed by atoms with E-state index in [2.05, 4.69) is 10.3 Å². The van der Waals surface area contributed by atoms with Gasteiger partial charge in [0.2, 0.25) is 0 Å². The number of nitrogens with one attached hydrogen (secondary N) is 1. The predicted octanol–water partition coefficient (Wildman–Crippen LogP) is 1.96. The van der Waals surface area contributed by atoms with Gasteiger partial charge in [0.1, 0.15) is 12.0 Å². The van der Waals surface area contributed by atoms with Crippen molar-refractivity contribution in [2.24, 2.45) is 5.92 Å². The molecule has 1 aliphatic heterocycles. The lowest BCUT2D eigenvalue weighted by atomic mass is 9.98. The minimum absolute atomic E-state index is 0.0123. The van der Waals surface area contributed by atoms with Crippen molar-refractivity contribution in [2.45, 2.75) is 18.3 Å². The van der Waals surface area contributed by atoms with Crippen molar-refractivity contribution in [1.82, 2.24) is 9.29 Å². The number of piperidine rings is 1. The minimum atomic E-state index is -5.28. The summed E-state index contributed by atoms with van der Waals surface area (Å²) in [5, 5.41) is 13.5. The lowest BCUT2D eigenvalue weighted by Gasteiger charge is -2.31. The number of anilines is 1. The van der Waals surface area contributed by atoms with Gasteiger partial charge in [-0.05, 0) is 24.8 Å². The van der Waals surface area contributed by atoms with Crippen LogP contribution in [0.15, 0.2) is 18.3 Å². The van der Waals surface area contributed by atoms with Crippen LogP contribution in [0.2, 0.25) is 0 Å². The number of pyridine rings is 1. The quantitative estimate of drug-likeness (QED) is 0.629. The average molecular weight is 368 g/mol. The number of nitrogens with zero attached hydrogens (tertiary/aromatic N) is 3. The standard InChI is InChI=1S/C12H15F3N4O4S/c13-12(14,15)24(22,23)18-5-3-9(4-6-18)7-16-11-2-1-10(8-17-11)19(20)21/h1-2,8-9H,3-7H2,(H,16,17). The molecule has 0 spiro atoms. The Labute approximate surface area is 135 Å². The second-order valence-electron chi connectivity index (χ2n) is 5.33. The predicted molar refractivity (Wildman–Crippen MR) is 78.7 cm³/mol. The van der Waals surface area contributed by atoms with E-state index in [0.717, 1.165) is 6.20 Å². The first kappa shape index (κ1) is 18.4. The van der Waals surface area contributed by atoms with Gasteiger partial charge in [-0.2, -0.15) is 17.5 Å². The minimum Gasteiger partial charge on any atom is -0.370 e. The molecule has 2 heterocycles. The molecule has 2 rings (SSSR count). The van der Waals surface area contributed by atoms with Crippen LogP contribution in [0, 0.1) is 16.0 Å². The summed E-state index contributed by atoms with van der Waals surface area (Å²) in [7, 11) is -5.27. The van der Waals surface area contributed by atoms with E-state index in [1.54, 1.807) is 0 Å². The van der Waals surface area contributed by atoms with E-state index >= 15 is 0 Å². The molecule has 1 saturated heterocycles. The van der Waals surface area contributed by atoms with E-state index in [0.29, 0.717) is 16.7 Å². The molecule has 8 nitrogen and oxygen atoms in total. The van der Waals surface area contributed by atoms with Gasteiger partial charge < -0.3 is 5.32 Å². The molecule has 0 amide bonds. The number of sulfonamides is 1. The summed E-state index contributed by atoms with van der Waals surface area (Å²) in [6.07, 6.45) is 1.67. The van der Waals surface area contributed by atoms with Crippen LogP contribution in [0.25, 0.3) is 0 Å². The van der Waals surface area contributed by atoms with Crippen molar-refractivity contribution in [2.75, 3.05) is 25.0 Å². The highest BCUT2D eigenvalue weighted by molar-refractivity contribution is 7.90. The maximum atomic E-state index is 12.5. The zero-order chi connectivity index (χ0) is 18.0. The fourth-order valence-electron chi connectivity index (χ4n) is 2.35. The average Bonchev–Trinajstić information content (AvgIpc) is 2.52. The van der Waals surface area contributed by atoms with E-state index in [-0.39, 0.29) is 37.5 Å². The molecule has 24 heavy (non-hydrogen) atoms. The fraction of sp³-hybridized carbons (Fsp3) is 0.583. The summed E-state index contributed by atoms with van der Waals surface area (Å²) in [4.78, 5) is 13.8. The Balaban J connectivity index is 1.84. The number of hydrogen-bond acceptors (Lipinski definition) is 6. The monoisotopic (exact) mass is 368 g/mol. The fourth-order valence-corrected chi connectivity index (χ4v) is 3.33. The molecule has 12 heteroatoms. The first-order chi connectivity index (χ1) is 11.1. The van der Waals surface area contributed by atoms with Crippen molar-refractivity contribution in [3.8, 4) is 0 Å². The topological polar surface area (TPSA) is 105 Å². The van der Waals surface area contributed by atoms with Gasteiger partial charge in [-0.3, -0.25) is 10.1 Å². The molecule has 1 aromatic heterocycles. The molecule has 0 unspecified atom stereocenters. The largest absolute Gasteiger partial charge is 0.511 e. The van der Waals surface area contributed by atoms with Crippen LogP contribution in [0.4, 0.5) is 24.7 Å². The van der Waals surface area contributed by atoms with Crippen LogP contribution in [-0.2, 0) is 10.0 Å². The van der Waals surface area contributed by atoms with Gasteiger partial charge in [0.05, 0.1) is 4.92 Å². The highest BCUT2D eigenvalue weighted by Crippen LogP contribution is 2.30. The second-order valence-corrected chi connectivity index (χ2v) is 7.26. The lowest BCUT2D eigenvalue weighted by molar-refractivity contribution is -0.385. The third-order valence-electron chi connectivity index (χ3n) is 3.74. The molecule has 1 aliphatic rings. The van der Waals surface area contributed by atoms with Gasteiger partial charge >= 0.3 is 15.5 Å². The SMILES string of the molecule is O=[N+]([O-])c1ccc(NCC2CCN(S(=O)(=O)C(F)(F)F)CC2)nc1. The Morgan fingerprint density at radius 2 is 1.96 bits per heavy atom. The van der Waals surface area contributed by atoms with Crippen molar-refractivity contribution < 1.29 is 26.5 Å². The van der Waals surface area contributed by atoms with Crippen molar-refractivity contribution in [3.63, 3.8) is 0 Å². The summed E-state index contributed by atoms with van der Waals surface area (Å²) in [6, 6.07) is 2.72. The summed E-state index contributed by atoms with van der Waals surface area (Å²) in [5.41, 5.74) is -5.42. The van der Waals surface area contributed by atoms with Crippen molar-refractivity contribution >= 4 is 21.5 Å².